The summed E-state index contributed by atoms with van der Waals surface area (Å²) >= 11 is 0. The standard InChI is InChI=1S/C30H35N3O6/c1-21-10-9-13-23(16-21)19-32(26(29(35)31-30(2,3)4)17-22-11-7-6-8-12-22)28(34)20-39-24-14-15-25(33(36)37)27(18-24)38-5/h6-16,18,26H,17,19-20H2,1-5H3,(H,31,35)/t26-/m0/s1. The van der Waals surface area contributed by atoms with Gasteiger partial charge in [0, 0.05) is 30.6 Å². The van der Waals surface area contributed by atoms with Crippen LogP contribution >= 0.6 is 0 Å². The second-order valence-corrected chi connectivity index (χ2v) is 10.3. The van der Waals surface area contributed by atoms with Gasteiger partial charge in [0.25, 0.3) is 5.91 Å². The van der Waals surface area contributed by atoms with E-state index in [0.29, 0.717) is 6.42 Å². The Hall–Kier alpha value is -4.40. The number of nitro groups is 1. The van der Waals surface area contributed by atoms with Crippen LogP contribution in [0.5, 0.6) is 11.5 Å². The van der Waals surface area contributed by atoms with Crippen LogP contribution in [0.25, 0.3) is 0 Å². The number of rotatable bonds is 11. The monoisotopic (exact) mass is 533 g/mol. The van der Waals surface area contributed by atoms with Gasteiger partial charge in [0.1, 0.15) is 11.8 Å². The van der Waals surface area contributed by atoms with Gasteiger partial charge in [-0.2, -0.15) is 0 Å². The molecule has 3 aromatic rings. The summed E-state index contributed by atoms with van der Waals surface area (Å²) in [7, 11) is 1.32. The third kappa shape index (κ3) is 8.56. The third-order valence-electron chi connectivity index (χ3n) is 5.91. The molecule has 0 aliphatic heterocycles. The predicted molar refractivity (Wildman–Crippen MR) is 149 cm³/mol. The van der Waals surface area contributed by atoms with Crippen LogP contribution in [0.15, 0.2) is 72.8 Å². The fourth-order valence-corrected chi connectivity index (χ4v) is 4.14. The molecule has 0 aliphatic carbocycles. The zero-order valence-electron chi connectivity index (χ0n) is 23.0. The molecule has 3 rings (SSSR count). The van der Waals surface area contributed by atoms with Crippen LogP contribution in [0.4, 0.5) is 5.69 Å². The number of carbonyl (C=O) groups excluding carboxylic acids is 2. The minimum Gasteiger partial charge on any atom is -0.490 e. The summed E-state index contributed by atoms with van der Waals surface area (Å²) < 4.78 is 10.8. The molecule has 0 unspecified atom stereocenters. The van der Waals surface area contributed by atoms with E-state index in [1.54, 1.807) is 0 Å². The zero-order valence-corrected chi connectivity index (χ0v) is 23.0. The molecule has 0 radical (unpaired) electrons. The number of methoxy groups -OCH3 is 1. The summed E-state index contributed by atoms with van der Waals surface area (Å²) in [6, 6.07) is 20.5. The molecule has 0 bridgehead atoms. The second-order valence-electron chi connectivity index (χ2n) is 10.3. The highest BCUT2D eigenvalue weighted by atomic mass is 16.6. The van der Waals surface area contributed by atoms with Crippen molar-refractivity contribution < 1.29 is 24.0 Å². The number of hydrogen-bond donors (Lipinski definition) is 1. The van der Waals surface area contributed by atoms with Gasteiger partial charge >= 0.3 is 5.69 Å². The van der Waals surface area contributed by atoms with E-state index in [9.17, 15) is 19.7 Å². The van der Waals surface area contributed by atoms with E-state index < -0.39 is 22.4 Å². The van der Waals surface area contributed by atoms with Gasteiger partial charge in [0.05, 0.1) is 12.0 Å². The molecule has 0 aromatic heterocycles. The number of aryl methyl sites for hydroxylation is 1. The Morgan fingerprint density at radius 1 is 1.00 bits per heavy atom. The summed E-state index contributed by atoms with van der Waals surface area (Å²) in [6.07, 6.45) is 0.311. The molecule has 206 valence electrons. The Kier molecular flexibility index (Phi) is 9.65. The van der Waals surface area contributed by atoms with E-state index in [0.717, 1.165) is 16.7 Å². The fourth-order valence-electron chi connectivity index (χ4n) is 4.14. The molecule has 2 amide bonds. The molecular weight excluding hydrogens is 498 g/mol. The molecule has 0 saturated carbocycles. The van der Waals surface area contributed by atoms with Crippen LogP contribution < -0.4 is 14.8 Å². The van der Waals surface area contributed by atoms with E-state index in [2.05, 4.69) is 5.32 Å². The molecule has 0 heterocycles. The Morgan fingerprint density at radius 2 is 1.69 bits per heavy atom. The molecule has 9 nitrogen and oxygen atoms in total. The molecule has 0 spiro atoms. The van der Waals surface area contributed by atoms with Gasteiger partial charge in [-0.1, -0.05) is 60.2 Å². The molecule has 39 heavy (non-hydrogen) atoms. The number of nitrogens with zero attached hydrogens (tertiary/aromatic N) is 2. The number of nitrogens with one attached hydrogen (secondary N) is 1. The van der Waals surface area contributed by atoms with Crippen molar-refractivity contribution in [1.82, 2.24) is 10.2 Å². The van der Waals surface area contributed by atoms with Gasteiger partial charge in [-0.15, -0.1) is 0 Å². The minimum atomic E-state index is -0.811. The average Bonchev–Trinajstić information content (AvgIpc) is 2.88. The summed E-state index contributed by atoms with van der Waals surface area (Å²) in [5.74, 6) is -0.420. The number of amides is 2. The molecule has 9 heteroatoms. The number of ether oxygens (including phenoxy) is 2. The van der Waals surface area contributed by atoms with Crippen molar-refractivity contribution in [1.29, 1.82) is 0 Å². The number of nitro benzene ring substituents is 1. The number of benzene rings is 3. The maximum atomic E-state index is 13.7. The van der Waals surface area contributed by atoms with Gasteiger partial charge in [0.15, 0.2) is 6.61 Å². The van der Waals surface area contributed by atoms with Gasteiger partial charge in [-0.3, -0.25) is 19.7 Å². The first-order valence-electron chi connectivity index (χ1n) is 12.6. The van der Waals surface area contributed by atoms with Gasteiger partial charge in [-0.25, -0.2) is 0 Å². The molecule has 1 atom stereocenters. The van der Waals surface area contributed by atoms with Crippen LogP contribution in [-0.4, -0.2) is 46.9 Å². The highest BCUT2D eigenvalue weighted by molar-refractivity contribution is 5.89. The Balaban J connectivity index is 1.94. The van der Waals surface area contributed by atoms with E-state index in [-0.39, 0.29) is 36.2 Å². The summed E-state index contributed by atoms with van der Waals surface area (Å²) in [6.45, 7) is 7.46. The highest BCUT2D eigenvalue weighted by Gasteiger charge is 2.32. The maximum absolute atomic E-state index is 13.7. The van der Waals surface area contributed by atoms with Gasteiger partial charge < -0.3 is 19.7 Å². The summed E-state index contributed by atoms with van der Waals surface area (Å²) in [4.78, 5) is 39.5. The van der Waals surface area contributed by atoms with Crippen LogP contribution in [-0.2, 0) is 22.6 Å². The first-order chi connectivity index (χ1) is 18.5. The van der Waals surface area contributed by atoms with Crippen LogP contribution in [0, 0.1) is 17.0 Å². The maximum Gasteiger partial charge on any atom is 0.311 e. The van der Waals surface area contributed by atoms with E-state index in [1.807, 2.05) is 82.3 Å². The topological polar surface area (TPSA) is 111 Å². The van der Waals surface area contributed by atoms with E-state index in [4.69, 9.17) is 9.47 Å². The lowest BCUT2D eigenvalue weighted by Crippen LogP contribution is -2.55. The van der Waals surface area contributed by atoms with Gasteiger partial charge in [0.2, 0.25) is 11.7 Å². The Bertz CT molecular complexity index is 1300. The molecule has 0 saturated heterocycles. The normalized spacial score (nSPS) is 11.8. The lowest BCUT2D eigenvalue weighted by molar-refractivity contribution is -0.385. The van der Waals surface area contributed by atoms with Crippen LogP contribution in [0.3, 0.4) is 0 Å². The SMILES string of the molecule is COc1cc(OCC(=O)N(Cc2cccc(C)c2)[C@@H](Cc2ccccc2)C(=O)NC(C)(C)C)ccc1[N+](=O)[O-]. The Morgan fingerprint density at radius 3 is 2.31 bits per heavy atom. The van der Waals surface area contributed by atoms with Crippen molar-refractivity contribution >= 4 is 17.5 Å². The van der Waals surface area contributed by atoms with Crippen LogP contribution in [0.1, 0.15) is 37.5 Å². The predicted octanol–water partition coefficient (Wildman–Crippen LogP) is 4.85. The first-order valence-corrected chi connectivity index (χ1v) is 12.6. The lowest BCUT2D eigenvalue weighted by atomic mass is 10.0. The lowest BCUT2D eigenvalue weighted by Gasteiger charge is -2.33. The zero-order chi connectivity index (χ0) is 28.6. The van der Waals surface area contributed by atoms with E-state index >= 15 is 0 Å². The van der Waals surface area contributed by atoms with E-state index in [1.165, 1.54) is 30.2 Å². The molecule has 0 fully saturated rings. The average molecular weight is 534 g/mol. The quantitative estimate of drug-likeness (QED) is 0.279. The third-order valence-corrected chi connectivity index (χ3v) is 5.91. The largest absolute Gasteiger partial charge is 0.490 e. The Labute approximate surface area is 228 Å². The smallest absolute Gasteiger partial charge is 0.311 e. The van der Waals surface area contributed by atoms with Crippen LogP contribution in [0.2, 0.25) is 0 Å². The summed E-state index contributed by atoms with van der Waals surface area (Å²) in [5.41, 5.74) is 2.11. The van der Waals surface area contributed by atoms with Gasteiger partial charge in [-0.05, 0) is 44.9 Å². The van der Waals surface area contributed by atoms with Crippen molar-refractivity contribution in [3.05, 3.63) is 99.6 Å². The second kappa shape index (κ2) is 12.9. The van der Waals surface area contributed by atoms with Crippen molar-refractivity contribution in [3.8, 4) is 11.5 Å². The van der Waals surface area contributed by atoms with Crippen molar-refractivity contribution in [3.63, 3.8) is 0 Å². The highest BCUT2D eigenvalue weighted by Crippen LogP contribution is 2.31. The number of carbonyl (C=O) groups is 2. The molecule has 1 N–H and O–H groups in total. The molecular formula is C30H35N3O6. The molecule has 3 aromatic carbocycles. The van der Waals surface area contributed by atoms with Crippen molar-refractivity contribution in [2.45, 2.75) is 52.2 Å². The van der Waals surface area contributed by atoms with Crippen molar-refractivity contribution in [2.75, 3.05) is 13.7 Å². The molecule has 0 aliphatic rings. The van der Waals surface area contributed by atoms with Crippen molar-refractivity contribution in [2.24, 2.45) is 0 Å². The first kappa shape index (κ1) is 29.2. The fraction of sp³-hybridized carbons (Fsp3) is 0.333. The number of hydrogen-bond acceptors (Lipinski definition) is 6. The minimum absolute atomic E-state index is 0.0214. The summed E-state index contributed by atoms with van der Waals surface area (Å²) in [5, 5.41) is 14.2.